The number of carbonyl (C=O) groups excluding carboxylic acids is 1. The molecule has 102 valence electrons. The Bertz CT molecular complexity index is 454. The molecule has 3 heteroatoms. The first-order valence-electron chi connectivity index (χ1n) is 7.55. The molecule has 1 saturated carbocycles. The highest BCUT2D eigenvalue weighted by molar-refractivity contribution is 5.94. The molecule has 0 aromatic carbocycles. The van der Waals surface area contributed by atoms with Gasteiger partial charge >= 0.3 is 0 Å². The van der Waals surface area contributed by atoms with Crippen molar-refractivity contribution in [3.63, 3.8) is 0 Å². The zero-order valence-electron chi connectivity index (χ0n) is 11.6. The summed E-state index contributed by atoms with van der Waals surface area (Å²) in [4.78, 5) is 18.5. The molecule has 1 aromatic rings. The molecule has 0 N–H and O–H groups in total. The highest BCUT2D eigenvalue weighted by Crippen LogP contribution is 2.38. The number of rotatable bonds is 3. The Morgan fingerprint density at radius 2 is 2.16 bits per heavy atom. The van der Waals surface area contributed by atoms with E-state index in [0.717, 1.165) is 12.5 Å². The average Bonchev–Trinajstić information content (AvgIpc) is 2.95. The number of aromatic nitrogens is 1. The Hall–Kier alpha value is -1.38. The van der Waals surface area contributed by atoms with E-state index in [1.54, 1.807) is 0 Å². The predicted octanol–water partition coefficient (Wildman–Crippen LogP) is 3.44. The minimum absolute atomic E-state index is 0.129. The number of fused-ring (bicyclic) bond motifs is 1. The Balaban J connectivity index is 1.79. The number of carbonyl (C=O) groups is 1. The van der Waals surface area contributed by atoms with Crippen LogP contribution in [0.3, 0.4) is 0 Å². The Labute approximate surface area is 115 Å². The zero-order chi connectivity index (χ0) is 13.2. The van der Waals surface area contributed by atoms with Gasteiger partial charge in [-0.3, -0.25) is 9.78 Å². The minimum Gasteiger partial charge on any atom is -0.367 e. The van der Waals surface area contributed by atoms with Crippen molar-refractivity contribution < 1.29 is 4.79 Å². The molecule has 3 rings (SSSR count). The van der Waals surface area contributed by atoms with Crippen LogP contribution < -0.4 is 4.90 Å². The third kappa shape index (κ3) is 2.38. The molecule has 2 heterocycles. The molecule has 0 radical (unpaired) electrons. The summed E-state index contributed by atoms with van der Waals surface area (Å²) in [5.41, 5.74) is 1.80. The van der Waals surface area contributed by atoms with E-state index in [-0.39, 0.29) is 5.78 Å². The Morgan fingerprint density at radius 3 is 2.89 bits per heavy atom. The van der Waals surface area contributed by atoms with E-state index in [1.165, 1.54) is 37.8 Å². The summed E-state index contributed by atoms with van der Waals surface area (Å²) in [6.07, 6.45) is 9.18. The van der Waals surface area contributed by atoms with Gasteiger partial charge in [-0.1, -0.05) is 13.3 Å². The lowest BCUT2D eigenvalue weighted by Gasteiger charge is -2.39. The fourth-order valence-electron chi connectivity index (χ4n) is 3.68. The van der Waals surface area contributed by atoms with Gasteiger partial charge in [0.1, 0.15) is 5.69 Å². The smallest absolute Gasteiger partial charge is 0.180 e. The van der Waals surface area contributed by atoms with Crippen LogP contribution in [0, 0.1) is 5.92 Å². The van der Waals surface area contributed by atoms with E-state index in [9.17, 15) is 4.79 Å². The number of anilines is 1. The fourth-order valence-corrected chi connectivity index (χ4v) is 3.68. The zero-order valence-corrected chi connectivity index (χ0v) is 11.6. The lowest BCUT2D eigenvalue weighted by atomic mass is 9.91. The molecule has 0 bridgehead atoms. The lowest BCUT2D eigenvalue weighted by molar-refractivity contribution is 0.0983. The average molecular weight is 258 g/mol. The normalized spacial score (nSPS) is 26.3. The maximum Gasteiger partial charge on any atom is 0.180 e. The molecule has 1 saturated heterocycles. The van der Waals surface area contributed by atoms with Crippen LogP contribution in [0.15, 0.2) is 18.3 Å². The molecule has 2 fully saturated rings. The van der Waals surface area contributed by atoms with E-state index in [4.69, 9.17) is 0 Å². The van der Waals surface area contributed by atoms with Gasteiger partial charge in [0.25, 0.3) is 0 Å². The van der Waals surface area contributed by atoms with Crippen LogP contribution in [0.5, 0.6) is 0 Å². The van der Waals surface area contributed by atoms with Gasteiger partial charge in [-0.05, 0) is 43.7 Å². The summed E-state index contributed by atoms with van der Waals surface area (Å²) in [7, 11) is 0. The van der Waals surface area contributed by atoms with Gasteiger partial charge in [0.05, 0.1) is 11.9 Å². The first-order chi connectivity index (χ1) is 9.29. The van der Waals surface area contributed by atoms with Gasteiger partial charge < -0.3 is 4.90 Å². The van der Waals surface area contributed by atoms with Crippen molar-refractivity contribution in [2.45, 2.75) is 51.5 Å². The molecule has 1 aliphatic carbocycles. The fraction of sp³-hybridized carbons (Fsp3) is 0.625. The van der Waals surface area contributed by atoms with E-state index >= 15 is 0 Å². The van der Waals surface area contributed by atoms with Crippen LogP contribution in [0.1, 0.15) is 55.9 Å². The van der Waals surface area contributed by atoms with Crippen molar-refractivity contribution in [3.8, 4) is 0 Å². The number of Topliss-reactive ketones (excluding diaryl/α,β-unsaturated/α-hetero) is 1. The third-order valence-corrected chi connectivity index (χ3v) is 4.68. The molecule has 2 unspecified atom stereocenters. The van der Waals surface area contributed by atoms with Crippen LogP contribution in [0.4, 0.5) is 5.69 Å². The summed E-state index contributed by atoms with van der Waals surface area (Å²) in [5, 5.41) is 0. The van der Waals surface area contributed by atoms with Crippen LogP contribution >= 0.6 is 0 Å². The van der Waals surface area contributed by atoms with Gasteiger partial charge in [-0.2, -0.15) is 0 Å². The van der Waals surface area contributed by atoms with Crippen molar-refractivity contribution >= 4 is 11.5 Å². The second-order valence-electron chi connectivity index (χ2n) is 5.77. The highest BCUT2D eigenvalue weighted by Gasteiger charge is 2.35. The molecule has 1 aliphatic heterocycles. The minimum atomic E-state index is 0.129. The maximum atomic E-state index is 11.6. The third-order valence-electron chi connectivity index (χ3n) is 4.68. The van der Waals surface area contributed by atoms with E-state index in [2.05, 4.69) is 16.0 Å². The molecular formula is C16H22N2O. The van der Waals surface area contributed by atoms with Crippen molar-refractivity contribution in [3.05, 3.63) is 24.0 Å². The van der Waals surface area contributed by atoms with Crippen molar-refractivity contribution in [2.24, 2.45) is 5.92 Å². The Morgan fingerprint density at radius 1 is 1.32 bits per heavy atom. The molecule has 1 aromatic heterocycles. The molecule has 2 atom stereocenters. The summed E-state index contributed by atoms with van der Waals surface area (Å²) >= 11 is 0. The van der Waals surface area contributed by atoms with E-state index < -0.39 is 0 Å². The van der Waals surface area contributed by atoms with Crippen LogP contribution in [-0.2, 0) is 0 Å². The molecular weight excluding hydrogens is 236 g/mol. The van der Waals surface area contributed by atoms with E-state index in [1.807, 2.05) is 19.2 Å². The number of pyridine rings is 1. The quantitative estimate of drug-likeness (QED) is 0.779. The summed E-state index contributed by atoms with van der Waals surface area (Å²) < 4.78 is 0. The second kappa shape index (κ2) is 5.32. The van der Waals surface area contributed by atoms with Crippen molar-refractivity contribution in [2.75, 3.05) is 11.4 Å². The van der Waals surface area contributed by atoms with E-state index in [0.29, 0.717) is 18.2 Å². The highest BCUT2D eigenvalue weighted by atomic mass is 16.1. The van der Waals surface area contributed by atoms with Gasteiger partial charge in [0.2, 0.25) is 0 Å². The largest absolute Gasteiger partial charge is 0.367 e. The van der Waals surface area contributed by atoms with Gasteiger partial charge in [-0.25, -0.2) is 0 Å². The van der Waals surface area contributed by atoms with Gasteiger partial charge in [0, 0.05) is 19.0 Å². The molecule has 0 amide bonds. The van der Waals surface area contributed by atoms with Crippen LogP contribution in [0.25, 0.3) is 0 Å². The lowest BCUT2D eigenvalue weighted by Crippen LogP contribution is -2.42. The summed E-state index contributed by atoms with van der Waals surface area (Å²) in [5.74, 6) is 1.01. The Kier molecular flexibility index (Phi) is 3.54. The number of hydrogen-bond donors (Lipinski definition) is 0. The predicted molar refractivity (Wildman–Crippen MR) is 76.6 cm³/mol. The second-order valence-corrected chi connectivity index (χ2v) is 5.77. The van der Waals surface area contributed by atoms with Crippen molar-refractivity contribution in [1.29, 1.82) is 0 Å². The van der Waals surface area contributed by atoms with Crippen LogP contribution in [0.2, 0.25) is 0 Å². The number of nitrogens with zero attached hydrogens (tertiary/aromatic N) is 2. The topological polar surface area (TPSA) is 33.2 Å². The summed E-state index contributed by atoms with van der Waals surface area (Å²) in [6.45, 7) is 3.02. The standard InChI is InChI=1S/C16H22N2O/c1-2-16(19)14-9-8-13(11-17-14)18-10-4-6-12-5-3-7-15(12)18/h8-9,11-12,15H,2-7,10H2,1H3. The molecule has 0 spiro atoms. The number of hydrogen-bond acceptors (Lipinski definition) is 3. The first kappa shape index (κ1) is 12.6. The monoisotopic (exact) mass is 258 g/mol. The van der Waals surface area contributed by atoms with Crippen molar-refractivity contribution in [1.82, 2.24) is 4.98 Å². The number of ketones is 1. The summed E-state index contributed by atoms with van der Waals surface area (Å²) in [6, 6.07) is 4.68. The maximum absolute atomic E-state index is 11.6. The molecule has 2 aliphatic rings. The molecule has 3 nitrogen and oxygen atoms in total. The first-order valence-corrected chi connectivity index (χ1v) is 7.55. The van der Waals surface area contributed by atoms with Crippen LogP contribution in [-0.4, -0.2) is 23.4 Å². The molecule has 19 heavy (non-hydrogen) atoms. The van der Waals surface area contributed by atoms with Gasteiger partial charge in [-0.15, -0.1) is 0 Å². The van der Waals surface area contributed by atoms with Gasteiger partial charge in [0.15, 0.2) is 5.78 Å². The SMILES string of the molecule is CCC(=O)c1ccc(N2CCCC3CCCC32)cn1. The number of piperidine rings is 1.